The molecule has 0 spiro atoms. The number of amides is 2. The van der Waals surface area contributed by atoms with Gasteiger partial charge in [-0.15, -0.1) is 0 Å². The van der Waals surface area contributed by atoms with Gasteiger partial charge in [0.1, 0.15) is 0 Å². The van der Waals surface area contributed by atoms with Crippen molar-refractivity contribution in [3.63, 3.8) is 0 Å². The topological polar surface area (TPSA) is 45.2 Å². The first-order chi connectivity index (χ1) is 9.15. The van der Waals surface area contributed by atoms with Crippen LogP contribution >= 0.6 is 0 Å². The van der Waals surface area contributed by atoms with E-state index in [0.717, 1.165) is 31.5 Å². The highest BCUT2D eigenvalue weighted by atomic mass is 16.2. The summed E-state index contributed by atoms with van der Waals surface area (Å²) in [6.07, 6.45) is 7.51. The SMILES string of the molecule is CC1=CCN(C(=O)N[C@H](C)Cc2cccnc2)CC1. The number of rotatable bonds is 3. The number of nitrogens with zero attached hydrogens (tertiary/aromatic N) is 2. The number of nitrogens with one attached hydrogen (secondary N) is 1. The minimum Gasteiger partial charge on any atom is -0.335 e. The molecule has 1 aliphatic rings. The fourth-order valence-electron chi connectivity index (χ4n) is 2.18. The minimum absolute atomic E-state index is 0.0279. The van der Waals surface area contributed by atoms with Crippen LogP contribution in [0.4, 0.5) is 4.79 Å². The zero-order chi connectivity index (χ0) is 13.7. The zero-order valence-electron chi connectivity index (χ0n) is 11.6. The van der Waals surface area contributed by atoms with E-state index in [1.54, 1.807) is 6.20 Å². The quantitative estimate of drug-likeness (QED) is 0.847. The molecular formula is C15H21N3O. The first kappa shape index (κ1) is 13.6. The van der Waals surface area contributed by atoms with Crippen LogP contribution in [-0.4, -0.2) is 35.0 Å². The number of hydrogen-bond donors (Lipinski definition) is 1. The molecular weight excluding hydrogens is 238 g/mol. The minimum atomic E-state index is 0.0279. The lowest BCUT2D eigenvalue weighted by Crippen LogP contribution is -2.46. The normalized spacial score (nSPS) is 16.7. The number of carbonyl (C=O) groups is 1. The molecule has 2 heterocycles. The molecule has 1 N–H and O–H groups in total. The summed E-state index contributed by atoms with van der Waals surface area (Å²) >= 11 is 0. The Morgan fingerprint density at radius 2 is 2.42 bits per heavy atom. The number of carbonyl (C=O) groups excluding carboxylic acids is 1. The Morgan fingerprint density at radius 1 is 1.58 bits per heavy atom. The maximum atomic E-state index is 12.1. The van der Waals surface area contributed by atoms with Gasteiger partial charge in [-0.25, -0.2) is 4.79 Å². The predicted molar refractivity (Wildman–Crippen MR) is 75.9 cm³/mol. The van der Waals surface area contributed by atoms with Crippen LogP contribution in [0.3, 0.4) is 0 Å². The highest BCUT2D eigenvalue weighted by Crippen LogP contribution is 2.10. The lowest BCUT2D eigenvalue weighted by atomic mass is 10.1. The van der Waals surface area contributed by atoms with Crippen LogP contribution in [0.1, 0.15) is 25.8 Å². The van der Waals surface area contributed by atoms with Gasteiger partial charge in [0.25, 0.3) is 0 Å². The van der Waals surface area contributed by atoms with E-state index in [1.807, 2.05) is 30.2 Å². The van der Waals surface area contributed by atoms with Crippen molar-refractivity contribution in [2.24, 2.45) is 0 Å². The Labute approximate surface area is 114 Å². The summed E-state index contributed by atoms with van der Waals surface area (Å²) in [5.74, 6) is 0. The Kier molecular flexibility index (Phi) is 4.55. The number of pyridine rings is 1. The fraction of sp³-hybridized carbons (Fsp3) is 0.467. The molecule has 1 aromatic rings. The Balaban J connectivity index is 1.82. The summed E-state index contributed by atoms with van der Waals surface area (Å²) in [4.78, 5) is 18.0. The van der Waals surface area contributed by atoms with Crippen LogP contribution in [0.15, 0.2) is 36.2 Å². The maximum absolute atomic E-state index is 12.1. The third-order valence-electron chi connectivity index (χ3n) is 3.36. The van der Waals surface area contributed by atoms with Crippen molar-refractivity contribution < 1.29 is 4.79 Å². The van der Waals surface area contributed by atoms with E-state index >= 15 is 0 Å². The molecule has 0 saturated carbocycles. The van der Waals surface area contributed by atoms with E-state index in [-0.39, 0.29) is 12.1 Å². The maximum Gasteiger partial charge on any atom is 0.317 e. The van der Waals surface area contributed by atoms with Crippen molar-refractivity contribution in [1.29, 1.82) is 0 Å². The smallest absolute Gasteiger partial charge is 0.317 e. The van der Waals surface area contributed by atoms with Gasteiger partial charge in [-0.1, -0.05) is 17.7 Å². The Hall–Kier alpha value is -1.84. The van der Waals surface area contributed by atoms with E-state index in [4.69, 9.17) is 0 Å². The molecule has 0 aliphatic carbocycles. The van der Waals surface area contributed by atoms with E-state index in [0.29, 0.717) is 0 Å². The lowest BCUT2D eigenvalue weighted by Gasteiger charge is -2.27. The van der Waals surface area contributed by atoms with Crippen LogP contribution in [-0.2, 0) is 6.42 Å². The molecule has 2 amide bonds. The molecule has 1 aromatic heterocycles. The molecule has 4 nitrogen and oxygen atoms in total. The van der Waals surface area contributed by atoms with Crippen molar-refractivity contribution in [2.75, 3.05) is 13.1 Å². The van der Waals surface area contributed by atoms with E-state index in [2.05, 4.69) is 23.3 Å². The average molecular weight is 259 g/mol. The van der Waals surface area contributed by atoms with Crippen molar-refractivity contribution >= 4 is 6.03 Å². The molecule has 2 rings (SSSR count). The van der Waals surface area contributed by atoms with Crippen LogP contribution in [0.25, 0.3) is 0 Å². The molecule has 0 fully saturated rings. The van der Waals surface area contributed by atoms with Gasteiger partial charge < -0.3 is 10.2 Å². The second-order valence-corrected chi connectivity index (χ2v) is 5.16. The first-order valence-electron chi connectivity index (χ1n) is 6.75. The molecule has 0 unspecified atom stereocenters. The van der Waals surface area contributed by atoms with Crippen molar-refractivity contribution in [1.82, 2.24) is 15.2 Å². The average Bonchev–Trinajstić information content (AvgIpc) is 2.40. The summed E-state index contributed by atoms with van der Waals surface area (Å²) in [5, 5.41) is 3.04. The molecule has 0 saturated heterocycles. The summed E-state index contributed by atoms with van der Waals surface area (Å²) in [6, 6.07) is 4.09. The second kappa shape index (κ2) is 6.36. The molecule has 1 atom stereocenters. The number of urea groups is 1. The molecule has 0 bridgehead atoms. The van der Waals surface area contributed by atoms with E-state index in [9.17, 15) is 4.79 Å². The summed E-state index contributed by atoms with van der Waals surface area (Å²) < 4.78 is 0. The second-order valence-electron chi connectivity index (χ2n) is 5.16. The monoisotopic (exact) mass is 259 g/mol. The predicted octanol–water partition coefficient (Wildman–Crippen LogP) is 2.37. The molecule has 19 heavy (non-hydrogen) atoms. The van der Waals surface area contributed by atoms with Gasteiger partial charge in [-0.05, 0) is 38.3 Å². The molecule has 1 aliphatic heterocycles. The summed E-state index contributed by atoms with van der Waals surface area (Å²) in [6.45, 7) is 5.67. The largest absolute Gasteiger partial charge is 0.335 e. The molecule has 4 heteroatoms. The van der Waals surface area contributed by atoms with E-state index < -0.39 is 0 Å². The standard InChI is InChI=1S/C15H21N3O/c1-12-5-8-18(9-6-12)15(19)17-13(2)10-14-4-3-7-16-11-14/h3-5,7,11,13H,6,8-10H2,1-2H3,(H,17,19)/t13-/m1/s1. The first-order valence-corrected chi connectivity index (χ1v) is 6.75. The summed E-state index contributed by atoms with van der Waals surface area (Å²) in [5.41, 5.74) is 2.51. The van der Waals surface area contributed by atoms with Crippen LogP contribution in [0.2, 0.25) is 0 Å². The van der Waals surface area contributed by atoms with Crippen LogP contribution in [0.5, 0.6) is 0 Å². The Bertz CT molecular complexity index is 456. The van der Waals surface area contributed by atoms with Crippen molar-refractivity contribution in [2.45, 2.75) is 32.7 Å². The Morgan fingerprint density at radius 3 is 3.05 bits per heavy atom. The van der Waals surface area contributed by atoms with Crippen molar-refractivity contribution in [3.8, 4) is 0 Å². The third-order valence-corrected chi connectivity index (χ3v) is 3.36. The highest BCUT2D eigenvalue weighted by Gasteiger charge is 2.17. The number of aromatic nitrogens is 1. The number of hydrogen-bond acceptors (Lipinski definition) is 2. The van der Waals surface area contributed by atoms with Gasteiger partial charge in [-0.2, -0.15) is 0 Å². The third kappa shape index (κ3) is 4.09. The molecule has 0 radical (unpaired) electrons. The molecule has 102 valence electrons. The van der Waals surface area contributed by atoms with Gasteiger partial charge in [0.2, 0.25) is 0 Å². The van der Waals surface area contributed by atoms with Gasteiger partial charge >= 0.3 is 6.03 Å². The zero-order valence-corrected chi connectivity index (χ0v) is 11.6. The van der Waals surface area contributed by atoms with Gasteiger partial charge in [0, 0.05) is 31.5 Å². The van der Waals surface area contributed by atoms with Gasteiger partial charge in [0.15, 0.2) is 0 Å². The summed E-state index contributed by atoms with van der Waals surface area (Å²) in [7, 11) is 0. The lowest BCUT2D eigenvalue weighted by molar-refractivity contribution is 0.198. The molecule has 0 aromatic carbocycles. The van der Waals surface area contributed by atoms with Gasteiger partial charge in [-0.3, -0.25) is 4.98 Å². The fourth-order valence-corrected chi connectivity index (χ4v) is 2.18. The van der Waals surface area contributed by atoms with Gasteiger partial charge in [0.05, 0.1) is 0 Å². The van der Waals surface area contributed by atoms with Crippen LogP contribution < -0.4 is 5.32 Å². The highest BCUT2D eigenvalue weighted by molar-refractivity contribution is 5.74. The van der Waals surface area contributed by atoms with Crippen LogP contribution in [0, 0.1) is 0 Å². The van der Waals surface area contributed by atoms with E-state index in [1.165, 1.54) is 5.57 Å². The van der Waals surface area contributed by atoms with Crippen molar-refractivity contribution in [3.05, 3.63) is 41.7 Å².